The normalized spacial score (nSPS) is 21.7. The van der Waals surface area contributed by atoms with Crippen molar-refractivity contribution in [3.8, 4) is 5.75 Å². The fourth-order valence-corrected chi connectivity index (χ4v) is 2.82. The van der Waals surface area contributed by atoms with Gasteiger partial charge in [0.25, 0.3) is 5.91 Å². The molecule has 0 aromatic heterocycles. The van der Waals surface area contributed by atoms with Crippen molar-refractivity contribution in [1.82, 2.24) is 10.2 Å². The SMILES string of the molecule is C[C@H]1Cc2cc(C(=O)NCCN3CCOCC3)ccc2O1. The molecule has 114 valence electrons. The Morgan fingerprint density at radius 2 is 2.19 bits per heavy atom. The molecular formula is C16H22N2O3. The van der Waals surface area contributed by atoms with Gasteiger partial charge in [0.2, 0.25) is 0 Å². The van der Waals surface area contributed by atoms with Crippen LogP contribution in [0.1, 0.15) is 22.8 Å². The molecular weight excluding hydrogens is 268 g/mol. The van der Waals surface area contributed by atoms with Crippen molar-refractivity contribution in [3.05, 3.63) is 29.3 Å². The number of morpholine rings is 1. The molecule has 0 bridgehead atoms. The van der Waals surface area contributed by atoms with Crippen molar-refractivity contribution >= 4 is 5.91 Å². The number of nitrogens with one attached hydrogen (secondary N) is 1. The van der Waals surface area contributed by atoms with E-state index >= 15 is 0 Å². The molecule has 0 aliphatic carbocycles. The van der Waals surface area contributed by atoms with Crippen LogP contribution in [0.2, 0.25) is 0 Å². The molecule has 5 heteroatoms. The zero-order chi connectivity index (χ0) is 14.7. The molecule has 0 spiro atoms. The third-order valence-corrected chi connectivity index (χ3v) is 3.98. The highest BCUT2D eigenvalue weighted by atomic mass is 16.5. The van der Waals surface area contributed by atoms with E-state index in [9.17, 15) is 4.79 Å². The summed E-state index contributed by atoms with van der Waals surface area (Å²) in [5.41, 5.74) is 1.84. The van der Waals surface area contributed by atoms with Crippen LogP contribution in [-0.2, 0) is 11.2 Å². The molecule has 5 nitrogen and oxygen atoms in total. The van der Waals surface area contributed by atoms with Gasteiger partial charge < -0.3 is 14.8 Å². The van der Waals surface area contributed by atoms with Gasteiger partial charge in [-0.2, -0.15) is 0 Å². The summed E-state index contributed by atoms with van der Waals surface area (Å²) in [6, 6.07) is 5.68. The maximum absolute atomic E-state index is 12.2. The Labute approximate surface area is 125 Å². The van der Waals surface area contributed by atoms with Crippen molar-refractivity contribution < 1.29 is 14.3 Å². The van der Waals surface area contributed by atoms with Gasteiger partial charge in [0.15, 0.2) is 0 Å². The fraction of sp³-hybridized carbons (Fsp3) is 0.562. The average Bonchev–Trinajstić information content (AvgIpc) is 2.87. The monoisotopic (exact) mass is 290 g/mol. The van der Waals surface area contributed by atoms with E-state index in [1.54, 1.807) is 0 Å². The molecule has 1 fully saturated rings. The first-order chi connectivity index (χ1) is 10.2. The Bertz CT molecular complexity index is 512. The molecule has 3 rings (SSSR count). The van der Waals surface area contributed by atoms with Crippen LogP contribution in [0.4, 0.5) is 0 Å². The number of benzene rings is 1. The number of fused-ring (bicyclic) bond motifs is 1. The Morgan fingerprint density at radius 3 is 3.00 bits per heavy atom. The largest absolute Gasteiger partial charge is 0.490 e. The summed E-state index contributed by atoms with van der Waals surface area (Å²) in [5, 5.41) is 2.99. The number of ether oxygens (including phenoxy) is 2. The van der Waals surface area contributed by atoms with Crippen molar-refractivity contribution in [2.45, 2.75) is 19.4 Å². The van der Waals surface area contributed by atoms with E-state index in [-0.39, 0.29) is 12.0 Å². The molecule has 2 heterocycles. The molecule has 1 atom stereocenters. The summed E-state index contributed by atoms with van der Waals surface area (Å²) in [7, 11) is 0. The summed E-state index contributed by atoms with van der Waals surface area (Å²) in [4.78, 5) is 14.5. The number of hydrogen-bond acceptors (Lipinski definition) is 4. The van der Waals surface area contributed by atoms with Crippen molar-refractivity contribution in [1.29, 1.82) is 0 Å². The van der Waals surface area contributed by atoms with Gasteiger partial charge in [-0.15, -0.1) is 0 Å². The zero-order valence-corrected chi connectivity index (χ0v) is 12.4. The third-order valence-electron chi connectivity index (χ3n) is 3.98. The van der Waals surface area contributed by atoms with E-state index in [0.29, 0.717) is 12.1 Å². The predicted octanol–water partition coefficient (Wildman–Crippen LogP) is 1.07. The number of rotatable bonds is 4. The fourth-order valence-electron chi connectivity index (χ4n) is 2.82. The average molecular weight is 290 g/mol. The van der Waals surface area contributed by atoms with E-state index in [1.165, 1.54) is 0 Å². The van der Waals surface area contributed by atoms with Crippen LogP contribution in [0, 0.1) is 0 Å². The van der Waals surface area contributed by atoms with Crippen LogP contribution in [0.15, 0.2) is 18.2 Å². The lowest BCUT2D eigenvalue weighted by molar-refractivity contribution is 0.0383. The first kappa shape index (κ1) is 14.4. The molecule has 0 radical (unpaired) electrons. The Hall–Kier alpha value is -1.59. The van der Waals surface area contributed by atoms with E-state index < -0.39 is 0 Å². The van der Waals surface area contributed by atoms with Crippen LogP contribution in [-0.4, -0.2) is 56.3 Å². The molecule has 1 aromatic carbocycles. The maximum Gasteiger partial charge on any atom is 0.251 e. The van der Waals surface area contributed by atoms with Gasteiger partial charge in [-0.1, -0.05) is 0 Å². The number of carbonyl (C=O) groups is 1. The topological polar surface area (TPSA) is 50.8 Å². The van der Waals surface area contributed by atoms with Crippen molar-refractivity contribution in [3.63, 3.8) is 0 Å². The van der Waals surface area contributed by atoms with Gasteiger partial charge in [-0.3, -0.25) is 9.69 Å². The first-order valence-corrected chi connectivity index (χ1v) is 7.60. The maximum atomic E-state index is 12.2. The highest BCUT2D eigenvalue weighted by Gasteiger charge is 2.20. The predicted molar refractivity (Wildman–Crippen MR) is 79.8 cm³/mol. The van der Waals surface area contributed by atoms with E-state index in [4.69, 9.17) is 9.47 Å². The Kier molecular flexibility index (Phi) is 4.41. The molecule has 1 saturated heterocycles. The van der Waals surface area contributed by atoms with Gasteiger partial charge in [0.1, 0.15) is 11.9 Å². The molecule has 1 amide bonds. The van der Waals surface area contributed by atoms with Crippen LogP contribution in [0.5, 0.6) is 5.75 Å². The lowest BCUT2D eigenvalue weighted by Gasteiger charge is -2.26. The summed E-state index contributed by atoms with van der Waals surface area (Å²) >= 11 is 0. The highest BCUT2D eigenvalue weighted by molar-refractivity contribution is 5.94. The molecule has 0 unspecified atom stereocenters. The van der Waals surface area contributed by atoms with Crippen LogP contribution >= 0.6 is 0 Å². The summed E-state index contributed by atoms with van der Waals surface area (Å²) in [6.07, 6.45) is 1.09. The zero-order valence-electron chi connectivity index (χ0n) is 12.4. The third kappa shape index (κ3) is 3.54. The minimum atomic E-state index is -0.00869. The van der Waals surface area contributed by atoms with Crippen LogP contribution in [0.3, 0.4) is 0 Å². The lowest BCUT2D eigenvalue weighted by Crippen LogP contribution is -2.41. The second kappa shape index (κ2) is 6.45. The summed E-state index contributed by atoms with van der Waals surface area (Å²) in [5.74, 6) is 0.901. The lowest BCUT2D eigenvalue weighted by atomic mass is 10.1. The van der Waals surface area contributed by atoms with Gasteiger partial charge in [-0.25, -0.2) is 0 Å². The van der Waals surface area contributed by atoms with Crippen molar-refractivity contribution in [2.24, 2.45) is 0 Å². The number of amides is 1. The van der Waals surface area contributed by atoms with Gasteiger partial charge in [0, 0.05) is 38.2 Å². The molecule has 2 aliphatic rings. The molecule has 2 aliphatic heterocycles. The van der Waals surface area contributed by atoms with E-state index in [2.05, 4.69) is 10.2 Å². The highest BCUT2D eigenvalue weighted by Crippen LogP contribution is 2.29. The molecule has 0 saturated carbocycles. The number of nitrogens with zero attached hydrogens (tertiary/aromatic N) is 1. The van der Waals surface area contributed by atoms with Crippen LogP contribution < -0.4 is 10.1 Å². The van der Waals surface area contributed by atoms with Crippen molar-refractivity contribution in [2.75, 3.05) is 39.4 Å². The molecule has 1 aromatic rings. The second-order valence-corrected chi connectivity index (χ2v) is 5.67. The minimum Gasteiger partial charge on any atom is -0.490 e. The van der Waals surface area contributed by atoms with E-state index in [0.717, 1.165) is 50.6 Å². The van der Waals surface area contributed by atoms with Gasteiger partial charge >= 0.3 is 0 Å². The Balaban J connectivity index is 1.50. The summed E-state index contributed by atoms with van der Waals surface area (Å²) in [6.45, 7) is 7.06. The molecule has 21 heavy (non-hydrogen) atoms. The standard InChI is InChI=1S/C16H22N2O3/c1-12-10-14-11-13(2-3-15(14)21-12)16(19)17-4-5-18-6-8-20-9-7-18/h2-3,11-12H,4-10H2,1H3,(H,17,19)/t12-/m0/s1. The minimum absolute atomic E-state index is 0.00869. The smallest absolute Gasteiger partial charge is 0.251 e. The number of carbonyl (C=O) groups excluding carboxylic acids is 1. The molecule has 1 N–H and O–H groups in total. The first-order valence-electron chi connectivity index (χ1n) is 7.60. The Morgan fingerprint density at radius 1 is 1.38 bits per heavy atom. The quantitative estimate of drug-likeness (QED) is 0.901. The van der Waals surface area contributed by atoms with Crippen LogP contribution in [0.25, 0.3) is 0 Å². The van der Waals surface area contributed by atoms with Gasteiger partial charge in [0.05, 0.1) is 13.2 Å². The van der Waals surface area contributed by atoms with Gasteiger partial charge in [-0.05, 0) is 30.7 Å². The second-order valence-electron chi connectivity index (χ2n) is 5.67. The van der Waals surface area contributed by atoms with E-state index in [1.807, 2.05) is 25.1 Å². The number of hydrogen-bond donors (Lipinski definition) is 1. The summed E-state index contributed by atoms with van der Waals surface area (Å²) < 4.78 is 11.0.